The van der Waals surface area contributed by atoms with Crippen LogP contribution in [0.3, 0.4) is 0 Å². The van der Waals surface area contributed by atoms with Gasteiger partial charge in [-0.25, -0.2) is 0 Å². The van der Waals surface area contributed by atoms with Crippen LogP contribution in [0.1, 0.15) is 5.56 Å². The van der Waals surface area contributed by atoms with Gasteiger partial charge in [-0.3, -0.25) is 4.98 Å². The third-order valence-corrected chi connectivity index (χ3v) is 1.64. The molecule has 0 bridgehead atoms. The van der Waals surface area contributed by atoms with Crippen LogP contribution < -0.4 is 5.32 Å². The Balaban J connectivity index is 2.20. The Hall–Kier alpha value is -0.970. The number of hydrogen-bond acceptors (Lipinski definition) is 4. The van der Waals surface area contributed by atoms with Gasteiger partial charge in [0, 0.05) is 25.5 Å². The first-order chi connectivity index (χ1) is 6.33. The highest BCUT2D eigenvalue weighted by Gasteiger charge is 1.99. The number of aromatic nitrogens is 1. The Morgan fingerprint density at radius 2 is 2.38 bits per heavy atom. The Morgan fingerprint density at radius 3 is 3.00 bits per heavy atom. The second-order valence-electron chi connectivity index (χ2n) is 2.83. The molecule has 72 valence electrons. The summed E-state index contributed by atoms with van der Waals surface area (Å²) in [5, 5.41) is 20.5. The predicted molar refractivity (Wildman–Crippen MR) is 49.0 cm³/mol. The average Bonchev–Trinajstić information content (AvgIpc) is 2.19. The molecule has 1 aromatic heterocycles. The van der Waals surface area contributed by atoms with E-state index in [-0.39, 0.29) is 6.61 Å². The van der Waals surface area contributed by atoms with Gasteiger partial charge in [-0.05, 0) is 11.6 Å². The number of rotatable bonds is 5. The summed E-state index contributed by atoms with van der Waals surface area (Å²) in [7, 11) is 0. The molecule has 0 saturated carbocycles. The third kappa shape index (κ3) is 3.98. The van der Waals surface area contributed by atoms with Crippen molar-refractivity contribution in [3.8, 4) is 0 Å². The van der Waals surface area contributed by atoms with Crippen LogP contribution in [-0.4, -0.2) is 34.5 Å². The largest absolute Gasteiger partial charge is 0.394 e. The van der Waals surface area contributed by atoms with E-state index in [0.29, 0.717) is 13.1 Å². The van der Waals surface area contributed by atoms with Crippen LogP contribution in [-0.2, 0) is 6.54 Å². The monoisotopic (exact) mass is 182 g/mol. The minimum atomic E-state index is -0.684. The molecule has 1 heterocycles. The molecule has 0 fully saturated rings. The summed E-state index contributed by atoms with van der Waals surface area (Å²) < 4.78 is 0. The number of pyridine rings is 1. The molecule has 1 rings (SSSR count). The smallest absolute Gasteiger partial charge is 0.0895 e. The van der Waals surface area contributed by atoms with E-state index in [0.717, 1.165) is 5.56 Å². The van der Waals surface area contributed by atoms with Gasteiger partial charge in [0.15, 0.2) is 0 Å². The van der Waals surface area contributed by atoms with E-state index in [9.17, 15) is 0 Å². The molecule has 1 unspecified atom stereocenters. The van der Waals surface area contributed by atoms with Gasteiger partial charge in [0.2, 0.25) is 0 Å². The average molecular weight is 182 g/mol. The summed E-state index contributed by atoms with van der Waals surface area (Å²) in [5.74, 6) is 0. The van der Waals surface area contributed by atoms with Crippen molar-refractivity contribution < 1.29 is 10.2 Å². The standard InChI is InChI=1S/C9H14N2O2/c12-7-9(13)6-11-5-8-2-1-3-10-4-8/h1-4,9,11-13H,5-7H2. The number of aliphatic hydroxyl groups is 2. The van der Waals surface area contributed by atoms with Gasteiger partial charge in [-0.15, -0.1) is 0 Å². The lowest BCUT2D eigenvalue weighted by molar-refractivity contribution is 0.0942. The summed E-state index contributed by atoms with van der Waals surface area (Å²) in [6, 6.07) is 3.81. The van der Waals surface area contributed by atoms with E-state index in [1.807, 2.05) is 12.1 Å². The zero-order valence-electron chi connectivity index (χ0n) is 7.35. The van der Waals surface area contributed by atoms with Gasteiger partial charge in [0.05, 0.1) is 12.7 Å². The molecular formula is C9H14N2O2. The molecule has 3 N–H and O–H groups in total. The Kier molecular flexibility index (Phi) is 4.39. The minimum absolute atomic E-state index is 0.208. The quantitative estimate of drug-likeness (QED) is 0.575. The maximum atomic E-state index is 9.01. The summed E-state index contributed by atoms with van der Waals surface area (Å²) in [5.41, 5.74) is 1.06. The predicted octanol–water partition coefficient (Wildman–Crippen LogP) is -0.476. The van der Waals surface area contributed by atoms with E-state index >= 15 is 0 Å². The van der Waals surface area contributed by atoms with E-state index in [2.05, 4.69) is 10.3 Å². The molecule has 0 aliphatic heterocycles. The zero-order valence-corrected chi connectivity index (χ0v) is 7.35. The maximum absolute atomic E-state index is 9.01. The van der Waals surface area contributed by atoms with Crippen LogP contribution in [0.2, 0.25) is 0 Å². The minimum Gasteiger partial charge on any atom is -0.394 e. The van der Waals surface area contributed by atoms with E-state index in [4.69, 9.17) is 10.2 Å². The first kappa shape index (κ1) is 10.1. The molecular weight excluding hydrogens is 168 g/mol. The molecule has 4 heteroatoms. The van der Waals surface area contributed by atoms with E-state index < -0.39 is 6.10 Å². The molecule has 0 aliphatic carbocycles. The highest BCUT2D eigenvalue weighted by atomic mass is 16.3. The van der Waals surface area contributed by atoms with Crippen LogP contribution in [0.4, 0.5) is 0 Å². The molecule has 0 amide bonds. The van der Waals surface area contributed by atoms with Gasteiger partial charge < -0.3 is 15.5 Å². The first-order valence-corrected chi connectivity index (χ1v) is 4.21. The topological polar surface area (TPSA) is 65.4 Å². The van der Waals surface area contributed by atoms with Gasteiger partial charge in [0.1, 0.15) is 0 Å². The highest BCUT2D eigenvalue weighted by Crippen LogP contribution is 1.93. The Morgan fingerprint density at radius 1 is 1.54 bits per heavy atom. The summed E-state index contributed by atoms with van der Waals surface area (Å²) in [4.78, 5) is 3.95. The van der Waals surface area contributed by atoms with Crippen molar-refractivity contribution in [3.63, 3.8) is 0 Å². The van der Waals surface area contributed by atoms with Crippen LogP contribution in [0.5, 0.6) is 0 Å². The molecule has 4 nitrogen and oxygen atoms in total. The molecule has 0 radical (unpaired) electrons. The van der Waals surface area contributed by atoms with Crippen molar-refractivity contribution in [2.75, 3.05) is 13.2 Å². The fourth-order valence-corrected chi connectivity index (χ4v) is 0.950. The third-order valence-electron chi connectivity index (χ3n) is 1.64. The van der Waals surface area contributed by atoms with Crippen molar-refractivity contribution in [3.05, 3.63) is 30.1 Å². The number of nitrogens with zero attached hydrogens (tertiary/aromatic N) is 1. The van der Waals surface area contributed by atoms with Crippen molar-refractivity contribution in [1.29, 1.82) is 0 Å². The van der Waals surface area contributed by atoms with Gasteiger partial charge in [-0.1, -0.05) is 6.07 Å². The van der Waals surface area contributed by atoms with Gasteiger partial charge in [0.25, 0.3) is 0 Å². The normalized spacial score (nSPS) is 12.8. The van der Waals surface area contributed by atoms with Crippen LogP contribution in [0.15, 0.2) is 24.5 Å². The number of hydrogen-bond donors (Lipinski definition) is 3. The molecule has 1 atom stereocenters. The SMILES string of the molecule is OCC(O)CNCc1cccnc1. The number of aliphatic hydroxyl groups excluding tert-OH is 2. The molecule has 0 aliphatic rings. The molecule has 0 spiro atoms. The first-order valence-electron chi connectivity index (χ1n) is 4.21. The second-order valence-corrected chi connectivity index (χ2v) is 2.83. The van der Waals surface area contributed by atoms with Crippen molar-refractivity contribution in [2.24, 2.45) is 0 Å². The van der Waals surface area contributed by atoms with Crippen molar-refractivity contribution >= 4 is 0 Å². The van der Waals surface area contributed by atoms with Gasteiger partial charge in [-0.2, -0.15) is 0 Å². The Bertz CT molecular complexity index is 228. The lowest BCUT2D eigenvalue weighted by Crippen LogP contribution is -2.28. The highest BCUT2D eigenvalue weighted by molar-refractivity contribution is 5.07. The Labute approximate surface area is 77.2 Å². The molecule has 1 aromatic rings. The molecule has 0 aromatic carbocycles. The second kappa shape index (κ2) is 5.64. The number of nitrogens with one attached hydrogen (secondary N) is 1. The van der Waals surface area contributed by atoms with Gasteiger partial charge >= 0.3 is 0 Å². The zero-order chi connectivity index (χ0) is 9.52. The maximum Gasteiger partial charge on any atom is 0.0895 e. The van der Waals surface area contributed by atoms with E-state index in [1.165, 1.54) is 0 Å². The van der Waals surface area contributed by atoms with Crippen LogP contribution in [0, 0.1) is 0 Å². The molecule has 0 saturated heterocycles. The lowest BCUT2D eigenvalue weighted by atomic mass is 10.3. The summed E-state index contributed by atoms with van der Waals surface area (Å²) >= 11 is 0. The summed E-state index contributed by atoms with van der Waals surface area (Å²) in [6.07, 6.45) is 2.79. The molecule has 13 heavy (non-hydrogen) atoms. The summed E-state index contributed by atoms with van der Waals surface area (Å²) in [6.45, 7) is 0.844. The fraction of sp³-hybridized carbons (Fsp3) is 0.444. The van der Waals surface area contributed by atoms with Crippen molar-refractivity contribution in [1.82, 2.24) is 10.3 Å². The van der Waals surface area contributed by atoms with Crippen LogP contribution in [0.25, 0.3) is 0 Å². The lowest BCUT2D eigenvalue weighted by Gasteiger charge is -2.08. The van der Waals surface area contributed by atoms with E-state index in [1.54, 1.807) is 12.4 Å². The van der Waals surface area contributed by atoms with Crippen molar-refractivity contribution in [2.45, 2.75) is 12.6 Å². The fourth-order valence-electron chi connectivity index (χ4n) is 0.950. The van der Waals surface area contributed by atoms with Crippen LogP contribution >= 0.6 is 0 Å².